The Morgan fingerprint density at radius 2 is 2.32 bits per heavy atom. The monoisotopic (exact) mass is 261 g/mol. The fourth-order valence-electron chi connectivity index (χ4n) is 1.75. The number of rotatable bonds is 6. The highest BCUT2D eigenvalue weighted by Gasteiger charge is 2.07. The Bertz CT molecular complexity index is 525. The van der Waals surface area contributed by atoms with Crippen molar-refractivity contribution in [1.29, 1.82) is 0 Å². The van der Waals surface area contributed by atoms with Gasteiger partial charge in [0.15, 0.2) is 0 Å². The summed E-state index contributed by atoms with van der Waals surface area (Å²) >= 11 is 0. The summed E-state index contributed by atoms with van der Waals surface area (Å²) in [7, 11) is 1.62. The number of aryl methyl sites for hydroxylation is 1. The molecule has 0 radical (unpaired) electrons. The summed E-state index contributed by atoms with van der Waals surface area (Å²) < 4.78 is 5.12. The Morgan fingerprint density at radius 1 is 1.47 bits per heavy atom. The van der Waals surface area contributed by atoms with Crippen LogP contribution in [0.15, 0.2) is 24.5 Å². The number of nitrogens with zero attached hydrogens (tertiary/aromatic N) is 4. The minimum absolute atomic E-state index is 0.198. The van der Waals surface area contributed by atoms with E-state index in [1.54, 1.807) is 24.3 Å². The molecule has 0 aromatic carbocycles. The maximum Gasteiger partial charge on any atom is 0.213 e. The summed E-state index contributed by atoms with van der Waals surface area (Å²) in [4.78, 5) is 5.78. The van der Waals surface area contributed by atoms with E-state index < -0.39 is 0 Å². The van der Waals surface area contributed by atoms with Gasteiger partial charge in [-0.05, 0) is 25.5 Å². The van der Waals surface area contributed by atoms with Gasteiger partial charge in [-0.2, -0.15) is 15.0 Å². The zero-order valence-corrected chi connectivity index (χ0v) is 11.5. The van der Waals surface area contributed by atoms with Gasteiger partial charge in [-0.1, -0.05) is 0 Å². The fraction of sp³-hybridized carbons (Fsp3) is 0.462. The van der Waals surface area contributed by atoms with Crippen LogP contribution in [0.3, 0.4) is 0 Å². The highest BCUT2D eigenvalue weighted by atomic mass is 16.5. The second-order valence-corrected chi connectivity index (χ2v) is 4.26. The Labute approximate surface area is 112 Å². The van der Waals surface area contributed by atoms with Crippen LogP contribution in [-0.4, -0.2) is 27.1 Å². The van der Waals surface area contributed by atoms with Gasteiger partial charge in [0.1, 0.15) is 0 Å². The molecule has 1 unspecified atom stereocenters. The molecule has 0 aliphatic heterocycles. The minimum atomic E-state index is 0.198. The third kappa shape index (κ3) is 3.51. The highest BCUT2D eigenvalue weighted by molar-refractivity contribution is 5.23. The van der Waals surface area contributed by atoms with Crippen molar-refractivity contribution >= 4 is 0 Å². The highest BCUT2D eigenvalue weighted by Crippen LogP contribution is 2.16. The number of nitrogens with one attached hydrogen (secondary N) is 1. The maximum atomic E-state index is 5.12. The molecule has 0 saturated heterocycles. The third-order valence-electron chi connectivity index (χ3n) is 2.92. The number of hydrogen-bond acceptors (Lipinski definition) is 5. The molecule has 19 heavy (non-hydrogen) atoms. The van der Waals surface area contributed by atoms with Gasteiger partial charge in [0.25, 0.3) is 0 Å². The summed E-state index contributed by atoms with van der Waals surface area (Å²) in [5.41, 5.74) is 2.07. The van der Waals surface area contributed by atoms with Crippen molar-refractivity contribution in [1.82, 2.24) is 25.3 Å². The van der Waals surface area contributed by atoms with Crippen LogP contribution >= 0.6 is 0 Å². The molecular weight excluding hydrogens is 242 g/mol. The molecule has 0 fully saturated rings. The van der Waals surface area contributed by atoms with E-state index in [2.05, 4.69) is 27.4 Å². The largest absolute Gasteiger partial charge is 0.481 e. The molecule has 1 atom stereocenters. The van der Waals surface area contributed by atoms with Crippen LogP contribution in [0.4, 0.5) is 0 Å². The van der Waals surface area contributed by atoms with E-state index in [0.717, 1.165) is 17.8 Å². The fourth-order valence-corrected chi connectivity index (χ4v) is 1.75. The van der Waals surface area contributed by atoms with E-state index in [0.29, 0.717) is 12.4 Å². The standard InChI is InChI=1S/C13H19N5O/c1-4-18-16-9-12(17-18)8-15-10(2)11-5-6-14-13(7-11)19-3/h5-7,9-10,15H,4,8H2,1-3H3. The topological polar surface area (TPSA) is 64.9 Å². The predicted octanol–water partition coefficient (Wildman–Crippen LogP) is 1.55. The molecule has 0 aliphatic carbocycles. The van der Waals surface area contributed by atoms with Gasteiger partial charge in [0.05, 0.1) is 25.5 Å². The van der Waals surface area contributed by atoms with Gasteiger partial charge in [-0.15, -0.1) is 0 Å². The Hall–Kier alpha value is -1.95. The predicted molar refractivity (Wildman–Crippen MR) is 71.7 cm³/mol. The zero-order chi connectivity index (χ0) is 13.7. The van der Waals surface area contributed by atoms with Crippen molar-refractivity contribution in [3.8, 4) is 5.88 Å². The van der Waals surface area contributed by atoms with Crippen LogP contribution in [0.5, 0.6) is 5.88 Å². The smallest absolute Gasteiger partial charge is 0.213 e. The summed E-state index contributed by atoms with van der Waals surface area (Å²) in [6.07, 6.45) is 3.54. The van der Waals surface area contributed by atoms with Crippen molar-refractivity contribution in [2.75, 3.05) is 7.11 Å². The van der Waals surface area contributed by atoms with Gasteiger partial charge in [-0.25, -0.2) is 4.98 Å². The van der Waals surface area contributed by atoms with Crippen molar-refractivity contribution in [3.05, 3.63) is 35.8 Å². The second kappa shape index (κ2) is 6.29. The van der Waals surface area contributed by atoms with E-state index >= 15 is 0 Å². The first-order valence-corrected chi connectivity index (χ1v) is 6.35. The Morgan fingerprint density at radius 3 is 3.00 bits per heavy atom. The summed E-state index contributed by atoms with van der Waals surface area (Å²) in [5, 5.41) is 11.9. The normalized spacial score (nSPS) is 12.4. The lowest BCUT2D eigenvalue weighted by atomic mass is 10.1. The maximum absolute atomic E-state index is 5.12. The molecule has 6 heteroatoms. The number of aromatic nitrogens is 4. The van der Waals surface area contributed by atoms with Crippen molar-refractivity contribution in [2.24, 2.45) is 0 Å². The van der Waals surface area contributed by atoms with Gasteiger partial charge in [0.2, 0.25) is 5.88 Å². The van der Waals surface area contributed by atoms with E-state index in [9.17, 15) is 0 Å². The van der Waals surface area contributed by atoms with Crippen LogP contribution in [-0.2, 0) is 13.1 Å². The molecule has 0 spiro atoms. The lowest BCUT2D eigenvalue weighted by Gasteiger charge is -2.13. The Balaban J connectivity index is 1.94. The van der Waals surface area contributed by atoms with Crippen LogP contribution in [0.1, 0.15) is 31.1 Å². The number of methoxy groups -OCH3 is 1. The molecule has 102 valence electrons. The first-order chi connectivity index (χ1) is 9.22. The van der Waals surface area contributed by atoms with E-state index in [-0.39, 0.29) is 6.04 Å². The molecule has 0 aliphatic rings. The first kappa shape index (κ1) is 13.5. The van der Waals surface area contributed by atoms with Gasteiger partial charge in [-0.3, -0.25) is 0 Å². The van der Waals surface area contributed by atoms with Gasteiger partial charge < -0.3 is 10.1 Å². The second-order valence-electron chi connectivity index (χ2n) is 4.26. The molecule has 2 aromatic rings. The zero-order valence-electron chi connectivity index (χ0n) is 11.5. The third-order valence-corrected chi connectivity index (χ3v) is 2.92. The first-order valence-electron chi connectivity index (χ1n) is 6.35. The number of ether oxygens (including phenoxy) is 1. The average Bonchev–Trinajstić information content (AvgIpc) is 2.93. The molecule has 0 amide bonds. The Kier molecular flexibility index (Phi) is 4.46. The van der Waals surface area contributed by atoms with Gasteiger partial charge >= 0.3 is 0 Å². The molecule has 0 bridgehead atoms. The molecule has 6 nitrogen and oxygen atoms in total. The minimum Gasteiger partial charge on any atom is -0.481 e. The van der Waals surface area contributed by atoms with Crippen LogP contribution < -0.4 is 10.1 Å². The SMILES string of the molecule is CCn1ncc(CNC(C)c2ccnc(OC)c2)n1. The van der Waals surface area contributed by atoms with E-state index in [1.807, 2.05) is 19.1 Å². The van der Waals surface area contributed by atoms with Crippen molar-refractivity contribution < 1.29 is 4.74 Å². The number of pyridine rings is 1. The van der Waals surface area contributed by atoms with Crippen LogP contribution in [0.2, 0.25) is 0 Å². The average molecular weight is 261 g/mol. The molecule has 1 N–H and O–H groups in total. The lowest BCUT2D eigenvalue weighted by Crippen LogP contribution is -2.18. The summed E-state index contributed by atoms with van der Waals surface area (Å²) in [6.45, 7) is 5.59. The van der Waals surface area contributed by atoms with Crippen LogP contribution in [0, 0.1) is 0 Å². The summed E-state index contributed by atoms with van der Waals surface area (Å²) in [5.74, 6) is 0.628. The van der Waals surface area contributed by atoms with Crippen molar-refractivity contribution in [3.63, 3.8) is 0 Å². The molecule has 2 aromatic heterocycles. The molecule has 2 rings (SSSR count). The molecular formula is C13H19N5O. The van der Waals surface area contributed by atoms with Gasteiger partial charge in [0, 0.05) is 24.8 Å². The lowest BCUT2D eigenvalue weighted by molar-refractivity contribution is 0.396. The molecule has 2 heterocycles. The molecule has 0 saturated carbocycles. The van der Waals surface area contributed by atoms with Crippen molar-refractivity contribution in [2.45, 2.75) is 33.0 Å². The van der Waals surface area contributed by atoms with E-state index in [4.69, 9.17) is 4.74 Å². The number of hydrogen-bond donors (Lipinski definition) is 1. The quantitative estimate of drug-likeness (QED) is 0.854. The summed E-state index contributed by atoms with van der Waals surface area (Å²) in [6, 6.07) is 4.10. The van der Waals surface area contributed by atoms with Crippen LogP contribution in [0.25, 0.3) is 0 Å². The van der Waals surface area contributed by atoms with E-state index in [1.165, 1.54) is 0 Å².